The van der Waals surface area contributed by atoms with E-state index in [9.17, 15) is 4.79 Å². The number of H-pyrrole nitrogens is 1. The molecule has 3 heterocycles. The van der Waals surface area contributed by atoms with Gasteiger partial charge >= 0.3 is 11.5 Å². The van der Waals surface area contributed by atoms with E-state index in [1.165, 1.54) is 10.8 Å². The Labute approximate surface area is 104 Å². The van der Waals surface area contributed by atoms with Gasteiger partial charge in [-0.3, -0.25) is 4.98 Å². The third kappa shape index (κ3) is 1.85. The van der Waals surface area contributed by atoms with E-state index in [0.29, 0.717) is 11.7 Å². The van der Waals surface area contributed by atoms with Crippen LogP contribution in [0.1, 0.15) is 26.2 Å². The van der Waals surface area contributed by atoms with Gasteiger partial charge in [0.25, 0.3) is 6.33 Å². The number of fused-ring (bicyclic) bond motifs is 1. The highest BCUT2D eigenvalue weighted by Gasteiger charge is 2.18. The van der Waals surface area contributed by atoms with Gasteiger partial charge in [0, 0.05) is 13.1 Å². The molecule has 0 amide bonds. The molecule has 0 unspecified atom stereocenters. The van der Waals surface area contributed by atoms with Gasteiger partial charge in [-0.1, -0.05) is 0 Å². The molecule has 0 aromatic carbocycles. The summed E-state index contributed by atoms with van der Waals surface area (Å²) >= 11 is 0. The Balaban J connectivity index is 2.05. The van der Waals surface area contributed by atoms with Crippen LogP contribution >= 0.6 is 0 Å². The molecule has 2 aromatic heterocycles. The van der Waals surface area contributed by atoms with Crippen molar-refractivity contribution in [3.8, 4) is 0 Å². The first-order chi connectivity index (χ1) is 8.78. The SMILES string of the molecule is CC[n+]1cn2c(=O)[nH]c(N3CCCCC3)nc2n1. The van der Waals surface area contributed by atoms with E-state index in [2.05, 4.69) is 20.0 Å². The maximum Gasteiger partial charge on any atom is 0.423 e. The van der Waals surface area contributed by atoms with Crippen molar-refractivity contribution in [3.05, 3.63) is 16.8 Å². The monoisotopic (exact) mass is 249 g/mol. The van der Waals surface area contributed by atoms with Gasteiger partial charge in [-0.25, -0.2) is 4.79 Å². The zero-order valence-corrected chi connectivity index (χ0v) is 10.5. The summed E-state index contributed by atoms with van der Waals surface area (Å²) in [5.74, 6) is 1.10. The molecule has 18 heavy (non-hydrogen) atoms. The molecule has 7 heteroatoms. The number of piperidine rings is 1. The second kappa shape index (κ2) is 4.40. The molecule has 0 spiro atoms. The molecule has 1 N–H and O–H groups in total. The Bertz CT molecular complexity index is 610. The molecule has 1 aliphatic rings. The Morgan fingerprint density at radius 1 is 1.39 bits per heavy atom. The third-order valence-corrected chi connectivity index (χ3v) is 3.31. The average molecular weight is 249 g/mol. The smallest absolute Gasteiger partial charge is 0.342 e. The molecule has 96 valence electrons. The van der Waals surface area contributed by atoms with Crippen LogP contribution in [0, 0.1) is 0 Å². The normalized spacial score (nSPS) is 16.4. The third-order valence-electron chi connectivity index (χ3n) is 3.31. The number of rotatable bonds is 2. The van der Waals surface area contributed by atoms with Crippen LogP contribution in [0.3, 0.4) is 0 Å². The standard InChI is InChI=1S/C11H16N6O/c1-2-16-8-17-10(14-16)12-9(13-11(17)18)15-6-4-3-5-7-15/h8H,2-7H2,1H3/p+1. The van der Waals surface area contributed by atoms with Crippen molar-refractivity contribution in [2.75, 3.05) is 18.0 Å². The van der Waals surface area contributed by atoms with Crippen molar-refractivity contribution in [2.45, 2.75) is 32.7 Å². The number of hydrogen-bond donors (Lipinski definition) is 1. The number of aryl methyl sites for hydroxylation is 1. The maximum atomic E-state index is 12.0. The second-order valence-electron chi connectivity index (χ2n) is 4.55. The number of aromatic nitrogens is 5. The summed E-state index contributed by atoms with van der Waals surface area (Å²) in [5, 5.41) is 4.27. The highest BCUT2D eigenvalue weighted by molar-refractivity contribution is 5.36. The van der Waals surface area contributed by atoms with E-state index in [1.807, 2.05) is 6.92 Å². The van der Waals surface area contributed by atoms with Gasteiger partial charge in [-0.2, -0.15) is 4.98 Å². The van der Waals surface area contributed by atoms with E-state index >= 15 is 0 Å². The fraction of sp³-hybridized carbons (Fsp3) is 0.636. The summed E-state index contributed by atoms with van der Waals surface area (Å²) in [6.07, 6.45) is 5.22. The fourth-order valence-electron chi connectivity index (χ4n) is 2.28. The van der Waals surface area contributed by atoms with Gasteiger partial charge in [-0.05, 0) is 31.3 Å². The average Bonchev–Trinajstić information content (AvgIpc) is 2.83. The first-order valence-electron chi connectivity index (χ1n) is 6.42. The molecule has 2 aromatic rings. The summed E-state index contributed by atoms with van der Waals surface area (Å²) < 4.78 is 3.15. The summed E-state index contributed by atoms with van der Waals surface area (Å²) in [5.41, 5.74) is -0.180. The van der Waals surface area contributed by atoms with E-state index in [4.69, 9.17) is 0 Å². The van der Waals surface area contributed by atoms with Crippen LogP contribution in [0.15, 0.2) is 11.1 Å². The first-order valence-corrected chi connectivity index (χ1v) is 6.42. The van der Waals surface area contributed by atoms with Crippen LogP contribution in [0.25, 0.3) is 5.78 Å². The molecule has 0 atom stereocenters. The molecule has 0 saturated carbocycles. The zero-order valence-electron chi connectivity index (χ0n) is 10.5. The Morgan fingerprint density at radius 3 is 2.89 bits per heavy atom. The Hall–Kier alpha value is -1.92. The number of hydrogen-bond acceptors (Lipinski definition) is 4. The number of aromatic amines is 1. The molecule has 1 fully saturated rings. The van der Waals surface area contributed by atoms with E-state index in [-0.39, 0.29) is 5.69 Å². The number of nitrogens with zero attached hydrogens (tertiary/aromatic N) is 5. The molecule has 1 aliphatic heterocycles. The predicted molar refractivity (Wildman–Crippen MR) is 65.5 cm³/mol. The molecule has 3 rings (SSSR count). The fourth-order valence-corrected chi connectivity index (χ4v) is 2.28. The highest BCUT2D eigenvalue weighted by Crippen LogP contribution is 2.13. The molecule has 0 bridgehead atoms. The largest absolute Gasteiger partial charge is 0.423 e. The molecule has 0 aliphatic carbocycles. The summed E-state index contributed by atoms with van der Waals surface area (Å²) in [7, 11) is 0. The van der Waals surface area contributed by atoms with Gasteiger partial charge in [-0.15, -0.1) is 9.08 Å². The Morgan fingerprint density at radius 2 is 2.17 bits per heavy atom. The number of anilines is 1. The van der Waals surface area contributed by atoms with Crippen molar-refractivity contribution in [2.24, 2.45) is 0 Å². The molecule has 1 saturated heterocycles. The van der Waals surface area contributed by atoms with Crippen LogP contribution in [0.5, 0.6) is 0 Å². The van der Waals surface area contributed by atoms with E-state index < -0.39 is 0 Å². The quantitative estimate of drug-likeness (QED) is 0.743. The van der Waals surface area contributed by atoms with Crippen molar-refractivity contribution >= 4 is 11.7 Å². The predicted octanol–water partition coefficient (Wildman–Crippen LogP) is -0.285. The van der Waals surface area contributed by atoms with E-state index in [1.54, 1.807) is 11.0 Å². The van der Waals surface area contributed by atoms with Crippen molar-refractivity contribution in [3.63, 3.8) is 0 Å². The Kier molecular flexibility index (Phi) is 2.73. The van der Waals surface area contributed by atoms with E-state index in [0.717, 1.165) is 32.5 Å². The van der Waals surface area contributed by atoms with Crippen LogP contribution < -0.4 is 15.3 Å². The van der Waals surface area contributed by atoms with Crippen molar-refractivity contribution < 1.29 is 4.68 Å². The van der Waals surface area contributed by atoms with Gasteiger partial charge < -0.3 is 4.90 Å². The van der Waals surface area contributed by atoms with Crippen LogP contribution in [-0.4, -0.2) is 32.6 Å². The number of nitrogens with one attached hydrogen (secondary N) is 1. The lowest BCUT2D eigenvalue weighted by Gasteiger charge is -2.26. The maximum absolute atomic E-state index is 12.0. The van der Waals surface area contributed by atoms with Crippen LogP contribution in [-0.2, 0) is 6.54 Å². The summed E-state index contributed by atoms with van der Waals surface area (Å²) in [6.45, 7) is 4.61. The van der Waals surface area contributed by atoms with Crippen molar-refractivity contribution in [1.82, 2.24) is 19.5 Å². The summed E-state index contributed by atoms with van der Waals surface area (Å²) in [4.78, 5) is 21.3. The highest BCUT2D eigenvalue weighted by atomic mass is 16.1. The topological polar surface area (TPSA) is 70.2 Å². The van der Waals surface area contributed by atoms with Crippen LogP contribution in [0.2, 0.25) is 0 Å². The first kappa shape index (κ1) is 11.2. The molecular weight excluding hydrogens is 232 g/mol. The minimum atomic E-state index is -0.180. The van der Waals surface area contributed by atoms with Crippen molar-refractivity contribution in [1.29, 1.82) is 0 Å². The molecule has 0 radical (unpaired) electrons. The lowest BCUT2D eigenvalue weighted by molar-refractivity contribution is -0.747. The lowest BCUT2D eigenvalue weighted by Crippen LogP contribution is -2.34. The van der Waals surface area contributed by atoms with Gasteiger partial charge in [0.15, 0.2) is 0 Å². The molecular formula is C11H17N6O+. The van der Waals surface area contributed by atoms with Crippen LogP contribution in [0.4, 0.5) is 5.95 Å². The minimum absolute atomic E-state index is 0.180. The van der Waals surface area contributed by atoms with Gasteiger partial charge in [0.2, 0.25) is 5.95 Å². The van der Waals surface area contributed by atoms with Gasteiger partial charge in [0.1, 0.15) is 6.54 Å². The molecule has 7 nitrogen and oxygen atoms in total. The summed E-state index contributed by atoms with van der Waals surface area (Å²) in [6, 6.07) is 0. The van der Waals surface area contributed by atoms with Gasteiger partial charge in [0.05, 0.1) is 0 Å². The minimum Gasteiger partial charge on any atom is -0.342 e. The zero-order chi connectivity index (χ0) is 12.5. The second-order valence-corrected chi connectivity index (χ2v) is 4.55. The lowest BCUT2D eigenvalue weighted by atomic mass is 10.1.